The summed E-state index contributed by atoms with van der Waals surface area (Å²) in [5.74, 6) is -2.31. The van der Waals surface area contributed by atoms with Gasteiger partial charge in [-0.15, -0.1) is 0 Å². The van der Waals surface area contributed by atoms with Gasteiger partial charge in [-0.2, -0.15) is 0 Å². The van der Waals surface area contributed by atoms with Crippen LogP contribution >= 0.6 is 0 Å². The van der Waals surface area contributed by atoms with E-state index in [1.807, 2.05) is 54.5 Å². The molecule has 0 saturated carbocycles. The Kier molecular flexibility index (Phi) is 6.28. The largest absolute Gasteiger partial charge is 0.456 e. The van der Waals surface area contributed by atoms with E-state index in [2.05, 4.69) is 6.58 Å². The first-order valence-electron chi connectivity index (χ1n) is 10.2. The lowest BCUT2D eigenvalue weighted by Crippen LogP contribution is -2.45. The minimum absolute atomic E-state index is 0.343. The molecule has 29 heavy (non-hydrogen) atoms. The van der Waals surface area contributed by atoms with Gasteiger partial charge in [-0.25, -0.2) is 0 Å². The molecule has 0 aromatic carbocycles. The van der Waals surface area contributed by atoms with Crippen molar-refractivity contribution in [2.75, 3.05) is 6.61 Å². The van der Waals surface area contributed by atoms with Crippen LogP contribution in [-0.4, -0.2) is 54.9 Å². The molecule has 6 atom stereocenters. The number of rotatable bonds is 6. The number of fused-ring (bicyclic) bond motifs is 1. The summed E-state index contributed by atoms with van der Waals surface area (Å²) in [5, 5.41) is 0. The first-order valence-corrected chi connectivity index (χ1v) is 10.2. The first kappa shape index (κ1) is 22.4. The lowest BCUT2D eigenvalue weighted by molar-refractivity contribution is -0.235. The second kappa shape index (κ2) is 8.12. The molecule has 164 valence electrons. The standard InChI is InChI=1S/C22H34O7/c1-12(2)9-10-14(13(3)4)19(23)25-17-16(15-11-24-21(5,6)27-15)26-20-18(17)28-22(7,8)29-20/h9,14-18,20H,3,10-11H2,1-2,4-8H3/t14?,15-,16-,17+,18-,20-/m1/s1. The summed E-state index contributed by atoms with van der Waals surface area (Å²) < 4.78 is 35.6. The first-order chi connectivity index (χ1) is 13.4. The van der Waals surface area contributed by atoms with Crippen molar-refractivity contribution in [3.05, 3.63) is 23.8 Å². The van der Waals surface area contributed by atoms with Gasteiger partial charge in [0.2, 0.25) is 0 Å². The van der Waals surface area contributed by atoms with Crippen molar-refractivity contribution in [1.29, 1.82) is 0 Å². The quantitative estimate of drug-likeness (QED) is 0.490. The van der Waals surface area contributed by atoms with Gasteiger partial charge < -0.3 is 28.4 Å². The van der Waals surface area contributed by atoms with Gasteiger partial charge in [-0.05, 0) is 54.9 Å². The van der Waals surface area contributed by atoms with Gasteiger partial charge in [-0.1, -0.05) is 23.8 Å². The van der Waals surface area contributed by atoms with E-state index in [-0.39, 0.29) is 12.1 Å². The van der Waals surface area contributed by atoms with Crippen molar-refractivity contribution >= 4 is 5.97 Å². The van der Waals surface area contributed by atoms with Gasteiger partial charge in [0.05, 0.1) is 12.5 Å². The van der Waals surface area contributed by atoms with E-state index in [0.29, 0.717) is 13.0 Å². The van der Waals surface area contributed by atoms with E-state index in [1.54, 1.807) is 0 Å². The van der Waals surface area contributed by atoms with Crippen LogP contribution in [0.15, 0.2) is 23.8 Å². The van der Waals surface area contributed by atoms with Crippen LogP contribution in [0, 0.1) is 5.92 Å². The Morgan fingerprint density at radius 3 is 2.34 bits per heavy atom. The van der Waals surface area contributed by atoms with Gasteiger partial charge in [0.15, 0.2) is 30.1 Å². The average molecular weight is 411 g/mol. The molecule has 3 fully saturated rings. The topological polar surface area (TPSA) is 72.5 Å². The molecule has 0 aromatic heterocycles. The number of hydrogen-bond donors (Lipinski definition) is 0. The third-order valence-electron chi connectivity index (χ3n) is 5.32. The molecule has 7 nitrogen and oxygen atoms in total. The molecule has 3 aliphatic rings. The third kappa shape index (κ3) is 5.09. The number of carbonyl (C=O) groups is 1. The molecule has 3 saturated heterocycles. The summed E-state index contributed by atoms with van der Waals surface area (Å²) in [4.78, 5) is 13.1. The van der Waals surface area contributed by atoms with Crippen molar-refractivity contribution in [3.63, 3.8) is 0 Å². The predicted molar refractivity (Wildman–Crippen MR) is 106 cm³/mol. The van der Waals surface area contributed by atoms with Crippen LogP contribution < -0.4 is 0 Å². The molecular weight excluding hydrogens is 376 g/mol. The summed E-state index contributed by atoms with van der Waals surface area (Å²) in [6.07, 6.45) is -0.180. The van der Waals surface area contributed by atoms with E-state index in [4.69, 9.17) is 28.4 Å². The highest BCUT2D eigenvalue weighted by molar-refractivity contribution is 5.76. The van der Waals surface area contributed by atoms with E-state index in [0.717, 1.165) is 11.1 Å². The van der Waals surface area contributed by atoms with Crippen LogP contribution in [-0.2, 0) is 33.2 Å². The molecule has 0 radical (unpaired) electrons. The molecule has 3 heterocycles. The van der Waals surface area contributed by atoms with E-state index >= 15 is 0 Å². The van der Waals surface area contributed by atoms with Gasteiger partial charge in [0.1, 0.15) is 12.2 Å². The minimum atomic E-state index is -0.812. The molecule has 0 aromatic rings. The molecule has 0 spiro atoms. The summed E-state index contributed by atoms with van der Waals surface area (Å²) in [6.45, 7) is 17.5. The van der Waals surface area contributed by atoms with E-state index in [1.165, 1.54) is 0 Å². The maximum Gasteiger partial charge on any atom is 0.313 e. The second-order valence-electron chi connectivity index (χ2n) is 9.25. The van der Waals surface area contributed by atoms with E-state index in [9.17, 15) is 4.79 Å². The van der Waals surface area contributed by atoms with Crippen LogP contribution in [0.1, 0.15) is 54.9 Å². The van der Waals surface area contributed by atoms with Crippen LogP contribution in [0.2, 0.25) is 0 Å². The van der Waals surface area contributed by atoms with Crippen molar-refractivity contribution < 1.29 is 33.2 Å². The molecule has 3 aliphatic heterocycles. The number of ether oxygens (including phenoxy) is 6. The van der Waals surface area contributed by atoms with Crippen molar-refractivity contribution in [3.8, 4) is 0 Å². The fourth-order valence-electron chi connectivity index (χ4n) is 3.88. The molecule has 7 heteroatoms. The smallest absolute Gasteiger partial charge is 0.313 e. The molecule has 0 bridgehead atoms. The summed E-state index contributed by atoms with van der Waals surface area (Å²) >= 11 is 0. The highest BCUT2D eigenvalue weighted by atomic mass is 16.8. The summed E-state index contributed by atoms with van der Waals surface area (Å²) in [5.41, 5.74) is 1.89. The molecule has 0 amide bonds. The normalized spacial score (nSPS) is 35.8. The maximum absolute atomic E-state index is 13.1. The number of hydrogen-bond acceptors (Lipinski definition) is 7. The van der Waals surface area contributed by atoms with Crippen LogP contribution in [0.5, 0.6) is 0 Å². The molecule has 1 unspecified atom stereocenters. The van der Waals surface area contributed by atoms with Crippen LogP contribution in [0.3, 0.4) is 0 Å². The van der Waals surface area contributed by atoms with Gasteiger partial charge in [0, 0.05) is 0 Å². The SMILES string of the molecule is C=C(C)C(CC=C(C)C)C(=O)O[C@@H]1[C@H]2OC(C)(C)O[C@H]2O[C@@H]1[C@H]1COC(C)(C)O1. The Morgan fingerprint density at radius 2 is 1.79 bits per heavy atom. The maximum atomic E-state index is 13.1. The third-order valence-corrected chi connectivity index (χ3v) is 5.32. The van der Waals surface area contributed by atoms with Crippen LogP contribution in [0.4, 0.5) is 0 Å². The van der Waals surface area contributed by atoms with Crippen LogP contribution in [0.25, 0.3) is 0 Å². The van der Waals surface area contributed by atoms with Crippen molar-refractivity contribution in [2.45, 2.75) is 97.2 Å². The summed E-state index contributed by atoms with van der Waals surface area (Å²) in [6, 6.07) is 0. The molecule has 3 rings (SSSR count). The van der Waals surface area contributed by atoms with Crippen molar-refractivity contribution in [1.82, 2.24) is 0 Å². The second-order valence-corrected chi connectivity index (χ2v) is 9.25. The van der Waals surface area contributed by atoms with Gasteiger partial charge >= 0.3 is 5.97 Å². The van der Waals surface area contributed by atoms with Gasteiger partial charge in [-0.3, -0.25) is 4.79 Å². The Morgan fingerprint density at radius 1 is 1.10 bits per heavy atom. The zero-order chi connectivity index (χ0) is 21.6. The fraction of sp³-hybridized carbons (Fsp3) is 0.773. The fourth-order valence-corrected chi connectivity index (χ4v) is 3.88. The lowest BCUT2D eigenvalue weighted by atomic mass is 9.96. The Balaban J connectivity index is 1.78. The Bertz CT molecular complexity index is 677. The van der Waals surface area contributed by atoms with Gasteiger partial charge in [0.25, 0.3) is 0 Å². The zero-order valence-electron chi connectivity index (χ0n) is 18.5. The predicted octanol–water partition coefficient (Wildman–Crippen LogP) is 3.47. The number of allylic oxidation sites excluding steroid dienone is 2. The number of carbonyl (C=O) groups excluding carboxylic acids is 1. The lowest BCUT2D eigenvalue weighted by Gasteiger charge is -2.29. The summed E-state index contributed by atoms with van der Waals surface area (Å²) in [7, 11) is 0. The zero-order valence-corrected chi connectivity index (χ0v) is 18.5. The highest BCUT2D eigenvalue weighted by Crippen LogP contribution is 2.42. The molecular formula is C22H34O7. The highest BCUT2D eigenvalue weighted by Gasteiger charge is 2.60. The minimum Gasteiger partial charge on any atom is -0.456 e. The Labute approximate surface area is 173 Å². The monoisotopic (exact) mass is 410 g/mol. The van der Waals surface area contributed by atoms with E-state index < -0.39 is 42.1 Å². The molecule has 0 aliphatic carbocycles. The Hall–Kier alpha value is -1.25. The van der Waals surface area contributed by atoms with Crippen molar-refractivity contribution in [2.24, 2.45) is 5.92 Å². The average Bonchev–Trinajstić information content (AvgIpc) is 3.17. The molecule has 0 N–H and O–H groups in total. The number of esters is 1.